The molecule has 0 aliphatic heterocycles. The lowest BCUT2D eigenvalue weighted by atomic mass is 9.82. The number of rotatable bonds is 7. The van der Waals surface area contributed by atoms with Gasteiger partial charge in [-0.2, -0.15) is 0 Å². The normalized spacial score (nSPS) is 21.8. The maximum atomic E-state index is 9.28. The smallest absolute Gasteiger partial charge is 0.132 e. The van der Waals surface area contributed by atoms with Crippen molar-refractivity contribution in [3.63, 3.8) is 0 Å². The molecule has 2 rings (SSSR count). The molecule has 1 aliphatic rings. The third kappa shape index (κ3) is 4.06. The summed E-state index contributed by atoms with van der Waals surface area (Å²) in [4.78, 5) is 8.95. The van der Waals surface area contributed by atoms with E-state index in [1.807, 2.05) is 6.07 Å². The molecule has 5 heteroatoms. The van der Waals surface area contributed by atoms with Gasteiger partial charge in [-0.3, -0.25) is 0 Å². The number of aromatic nitrogens is 2. The van der Waals surface area contributed by atoms with E-state index >= 15 is 0 Å². The highest BCUT2D eigenvalue weighted by Crippen LogP contribution is 2.27. The molecule has 0 aromatic carbocycles. The third-order valence-corrected chi connectivity index (χ3v) is 3.43. The minimum atomic E-state index is -0.0924. The summed E-state index contributed by atoms with van der Waals surface area (Å²) in [6.07, 6.45) is 3.62. The lowest BCUT2D eigenvalue weighted by molar-refractivity contribution is 0.0486. The Morgan fingerprint density at radius 1 is 1.21 bits per heavy atom. The van der Waals surface area contributed by atoms with Crippen LogP contribution in [-0.2, 0) is 6.42 Å². The van der Waals surface area contributed by atoms with Crippen LogP contribution in [0.3, 0.4) is 0 Å². The van der Waals surface area contributed by atoms with Gasteiger partial charge in [0.25, 0.3) is 0 Å². The standard InChI is InChI=1S/C14H24N4O/c1-3-5-15-13-8-14(18-12(4-2)17-13)16-9-10-6-11(19)7-10/h8,10-11,19H,3-7,9H2,1-2H3,(H2,15,16,17,18). The van der Waals surface area contributed by atoms with E-state index in [9.17, 15) is 5.11 Å². The zero-order valence-electron chi connectivity index (χ0n) is 11.8. The van der Waals surface area contributed by atoms with E-state index in [0.717, 1.165) is 56.2 Å². The Bertz CT molecular complexity index is 404. The molecule has 106 valence electrons. The van der Waals surface area contributed by atoms with Crippen molar-refractivity contribution >= 4 is 11.6 Å². The first-order chi connectivity index (χ1) is 9.21. The van der Waals surface area contributed by atoms with Crippen molar-refractivity contribution in [1.29, 1.82) is 0 Å². The van der Waals surface area contributed by atoms with E-state index < -0.39 is 0 Å². The second kappa shape index (κ2) is 6.70. The van der Waals surface area contributed by atoms with Crippen LogP contribution in [0.4, 0.5) is 11.6 Å². The number of anilines is 2. The van der Waals surface area contributed by atoms with Crippen molar-refractivity contribution in [2.45, 2.75) is 45.6 Å². The summed E-state index contributed by atoms with van der Waals surface area (Å²) in [7, 11) is 0. The fraction of sp³-hybridized carbons (Fsp3) is 0.714. The monoisotopic (exact) mass is 264 g/mol. The summed E-state index contributed by atoms with van der Waals surface area (Å²) in [5, 5.41) is 15.9. The molecule has 1 saturated carbocycles. The summed E-state index contributed by atoms with van der Waals surface area (Å²) >= 11 is 0. The van der Waals surface area contributed by atoms with Crippen molar-refractivity contribution in [2.24, 2.45) is 5.92 Å². The number of nitrogens with one attached hydrogen (secondary N) is 2. The van der Waals surface area contributed by atoms with Gasteiger partial charge in [-0.15, -0.1) is 0 Å². The highest BCUT2D eigenvalue weighted by atomic mass is 16.3. The lowest BCUT2D eigenvalue weighted by Gasteiger charge is -2.31. The largest absolute Gasteiger partial charge is 0.393 e. The lowest BCUT2D eigenvalue weighted by Crippen LogP contribution is -2.33. The average molecular weight is 264 g/mol. The van der Waals surface area contributed by atoms with Crippen LogP contribution >= 0.6 is 0 Å². The van der Waals surface area contributed by atoms with Crippen LogP contribution in [0.15, 0.2) is 6.07 Å². The van der Waals surface area contributed by atoms with Crippen molar-refractivity contribution in [3.8, 4) is 0 Å². The molecule has 1 fully saturated rings. The van der Waals surface area contributed by atoms with Crippen LogP contribution in [0, 0.1) is 5.92 Å². The molecule has 0 amide bonds. The van der Waals surface area contributed by atoms with Gasteiger partial charge < -0.3 is 15.7 Å². The van der Waals surface area contributed by atoms with Crippen LogP contribution < -0.4 is 10.6 Å². The highest BCUT2D eigenvalue weighted by molar-refractivity contribution is 5.47. The predicted octanol–water partition coefficient (Wildman–Crippen LogP) is 2.04. The maximum Gasteiger partial charge on any atom is 0.132 e. The minimum absolute atomic E-state index is 0.0924. The van der Waals surface area contributed by atoms with Crippen molar-refractivity contribution in [1.82, 2.24) is 9.97 Å². The molecule has 5 nitrogen and oxygen atoms in total. The Morgan fingerprint density at radius 2 is 1.89 bits per heavy atom. The topological polar surface area (TPSA) is 70.1 Å². The minimum Gasteiger partial charge on any atom is -0.393 e. The molecule has 0 unspecified atom stereocenters. The number of aliphatic hydroxyl groups is 1. The Hall–Kier alpha value is -1.36. The third-order valence-electron chi connectivity index (χ3n) is 3.43. The number of aryl methyl sites for hydroxylation is 1. The Balaban J connectivity index is 1.93. The van der Waals surface area contributed by atoms with Crippen LogP contribution in [0.2, 0.25) is 0 Å². The van der Waals surface area contributed by atoms with Gasteiger partial charge in [0.2, 0.25) is 0 Å². The first-order valence-corrected chi connectivity index (χ1v) is 7.25. The van der Waals surface area contributed by atoms with Gasteiger partial charge in [-0.05, 0) is 25.2 Å². The van der Waals surface area contributed by atoms with E-state index in [2.05, 4.69) is 34.4 Å². The number of nitrogens with zero attached hydrogens (tertiary/aromatic N) is 2. The Labute approximate surface area is 114 Å². The maximum absolute atomic E-state index is 9.28. The second-order valence-corrected chi connectivity index (χ2v) is 5.21. The van der Waals surface area contributed by atoms with Crippen molar-refractivity contribution < 1.29 is 5.11 Å². The summed E-state index contributed by atoms with van der Waals surface area (Å²) < 4.78 is 0. The zero-order chi connectivity index (χ0) is 13.7. The van der Waals surface area contributed by atoms with E-state index in [1.165, 1.54) is 0 Å². The summed E-state index contributed by atoms with van der Waals surface area (Å²) in [5.41, 5.74) is 0. The summed E-state index contributed by atoms with van der Waals surface area (Å²) in [5.74, 6) is 3.20. The first kappa shape index (κ1) is 14.1. The Morgan fingerprint density at radius 3 is 2.47 bits per heavy atom. The fourth-order valence-corrected chi connectivity index (χ4v) is 2.21. The molecule has 0 spiro atoms. The molecule has 0 radical (unpaired) electrons. The average Bonchev–Trinajstić information content (AvgIpc) is 2.39. The van der Waals surface area contributed by atoms with Crippen LogP contribution in [0.5, 0.6) is 0 Å². The molecule has 1 aromatic rings. The van der Waals surface area contributed by atoms with Gasteiger partial charge in [0.1, 0.15) is 17.5 Å². The van der Waals surface area contributed by atoms with Gasteiger partial charge in [0.05, 0.1) is 6.10 Å². The molecule has 1 aliphatic carbocycles. The molecule has 1 aromatic heterocycles. The van der Waals surface area contributed by atoms with Crippen LogP contribution in [-0.4, -0.2) is 34.3 Å². The SMILES string of the molecule is CCCNc1cc(NCC2CC(O)C2)nc(CC)n1. The summed E-state index contributed by atoms with van der Waals surface area (Å²) in [6.45, 7) is 6.00. The van der Waals surface area contributed by atoms with Gasteiger partial charge in [0.15, 0.2) is 0 Å². The number of hydrogen-bond donors (Lipinski definition) is 3. The van der Waals surface area contributed by atoms with Gasteiger partial charge >= 0.3 is 0 Å². The van der Waals surface area contributed by atoms with Gasteiger partial charge in [0, 0.05) is 25.6 Å². The number of hydrogen-bond acceptors (Lipinski definition) is 5. The quantitative estimate of drug-likeness (QED) is 0.703. The van der Waals surface area contributed by atoms with E-state index in [-0.39, 0.29) is 6.10 Å². The van der Waals surface area contributed by atoms with Crippen molar-refractivity contribution in [2.75, 3.05) is 23.7 Å². The molecule has 1 heterocycles. The molecule has 0 bridgehead atoms. The molecule has 0 atom stereocenters. The van der Waals surface area contributed by atoms with E-state index in [4.69, 9.17) is 0 Å². The fourth-order valence-electron chi connectivity index (χ4n) is 2.21. The van der Waals surface area contributed by atoms with Crippen LogP contribution in [0.25, 0.3) is 0 Å². The summed E-state index contributed by atoms with van der Waals surface area (Å²) in [6, 6.07) is 1.96. The van der Waals surface area contributed by atoms with Crippen molar-refractivity contribution in [3.05, 3.63) is 11.9 Å². The molecular formula is C14H24N4O. The molecular weight excluding hydrogens is 240 g/mol. The zero-order valence-corrected chi connectivity index (χ0v) is 11.8. The predicted molar refractivity (Wildman–Crippen MR) is 77.4 cm³/mol. The van der Waals surface area contributed by atoms with Crippen LogP contribution in [0.1, 0.15) is 38.9 Å². The van der Waals surface area contributed by atoms with E-state index in [1.54, 1.807) is 0 Å². The molecule has 0 saturated heterocycles. The number of aliphatic hydroxyl groups excluding tert-OH is 1. The second-order valence-electron chi connectivity index (χ2n) is 5.21. The molecule has 19 heavy (non-hydrogen) atoms. The van der Waals surface area contributed by atoms with Gasteiger partial charge in [-0.1, -0.05) is 13.8 Å². The van der Waals surface area contributed by atoms with E-state index in [0.29, 0.717) is 5.92 Å². The highest BCUT2D eigenvalue weighted by Gasteiger charge is 2.26. The Kier molecular flexibility index (Phi) is 4.96. The first-order valence-electron chi connectivity index (χ1n) is 7.25. The van der Waals surface area contributed by atoms with Gasteiger partial charge in [-0.25, -0.2) is 9.97 Å². The molecule has 3 N–H and O–H groups in total.